The monoisotopic (exact) mass is 524 g/mol. The highest BCUT2D eigenvalue weighted by Crippen LogP contribution is 2.36. The Kier molecular flexibility index (Phi) is 8.87. The number of aromatic nitrogens is 5. The van der Waals surface area contributed by atoms with Crippen LogP contribution in [0.1, 0.15) is 44.4 Å². The lowest BCUT2D eigenvalue weighted by atomic mass is 10.2. The number of anilines is 1. The molecule has 0 spiro atoms. The fourth-order valence-corrected chi connectivity index (χ4v) is 4.75. The highest BCUT2D eigenvalue weighted by molar-refractivity contribution is 7.93. The topological polar surface area (TPSA) is 130 Å². The average Bonchev–Trinajstić information content (AvgIpc) is 3.24. The van der Waals surface area contributed by atoms with Crippen molar-refractivity contribution < 1.29 is 22.6 Å². The van der Waals surface area contributed by atoms with Crippen LogP contribution in [-0.2, 0) is 21.2 Å². The molecule has 2 aromatic heterocycles. The second kappa shape index (κ2) is 11.6. The van der Waals surface area contributed by atoms with E-state index in [0.717, 1.165) is 12.8 Å². The summed E-state index contributed by atoms with van der Waals surface area (Å²) in [7, 11) is 0.383. The predicted molar refractivity (Wildman–Crippen MR) is 132 cm³/mol. The lowest BCUT2D eigenvalue weighted by Gasteiger charge is -2.22. The quantitative estimate of drug-likeness (QED) is 0.377. The highest BCUT2D eigenvalue weighted by atomic mass is 35.5. The van der Waals surface area contributed by atoms with Crippen molar-refractivity contribution in [2.75, 3.05) is 26.1 Å². The maximum atomic E-state index is 13.4. The summed E-state index contributed by atoms with van der Waals surface area (Å²) in [6, 6.07) is 5.28. The summed E-state index contributed by atoms with van der Waals surface area (Å²) in [4.78, 5) is 8.23. The number of para-hydroxylation sites is 1. The molecule has 11 nitrogen and oxygen atoms in total. The van der Waals surface area contributed by atoms with Gasteiger partial charge in [-0.15, -0.1) is 10.2 Å². The summed E-state index contributed by atoms with van der Waals surface area (Å²) < 4.78 is 47.6. The number of halogens is 1. The van der Waals surface area contributed by atoms with Gasteiger partial charge in [0.2, 0.25) is 16.0 Å². The number of ether oxygens (including phenoxy) is 3. The summed E-state index contributed by atoms with van der Waals surface area (Å²) in [6.07, 6.45) is 4.13. The molecule has 1 aromatic carbocycles. The van der Waals surface area contributed by atoms with E-state index in [-0.39, 0.29) is 11.8 Å². The Morgan fingerprint density at radius 1 is 1.09 bits per heavy atom. The first-order valence-corrected chi connectivity index (χ1v) is 12.9. The molecule has 0 amide bonds. The Balaban J connectivity index is 2.06. The lowest BCUT2D eigenvalue weighted by molar-refractivity contribution is 0.0950. The normalized spacial score (nSPS) is 13.3. The van der Waals surface area contributed by atoms with Crippen LogP contribution in [0.2, 0.25) is 5.02 Å². The Labute approximate surface area is 209 Å². The van der Waals surface area contributed by atoms with Gasteiger partial charge in [-0.25, -0.2) is 18.4 Å². The number of hydrogen-bond acceptors (Lipinski definition) is 9. The zero-order chi connectivity index (χ0) is 25.6. The van der Waals surface area contributed by atoms with Crippen LogP contribution in [0.15, 0.2) is 30.6 Å². The highest BCUT2D eigenvalue weighted by Gasteiger charge is 2.34. The molecule has 0 saturated heterocycles. The van der Waals surface area contributed by atoms with E-state index in [2.05, 4.69) is 31.8 Å². The first kappa shape index (κ1) is 26.6. The molecule has 2 unspecified atom stereocenters. The number of nitrogens with one attached hydrogen (secondary N) is 1. The van der Waals surface area contributed by atoms with Gasteiger partial charge in [-0.1, -0.05) is 31.0 Å². The van der Waals surface area contributed by atoms with Crippen molar-refractivity contribution >= 4 is 27.6 Å². The fourth-order valence-electron chi connectivity index (χ4n) is 3.53. The van der Waals surface area contributed by atoms with Crippen LogP contribution in [0.25, 0.3) is 5.69 Å². The first-order chi connectivity index (χ1) is 16.8. The number of benzene rings is 1. The van der Waals surface area contributed by atoms with Gasteiger partial charge in [0.05, 0.1) is 19.2 Å². The summed E-state index contributed by atoms with van der Waals surface area (Å²) in [5.41, 5.74) is 0.489. The molecule has 0 radical (unpaired) electrons. The molecule has 0 fully saturated rings. The maximum Gasteiger partial charge on any atom is 0.243 e. The van der Waals surface area contributed by atoms with Crippen molar-refractivity contribution in [1.29, 1.82) is 0 Å². The average molecular weight is 525 g/mol. The lowest BCUT2D eigenvalue weighted by Crippen LogP contribution is -2.33. The van der Waals surface area contributed by atoms with E-state index in [9.17, 15) is 8.42 Å². The number of nitrogens with zero attached hydrogens (tertiary/aromatic N) is 5. The van der Waals surface area contributed by atoms with Crippen LogP contribution in [0.5, 0.6) is 11.5 Å². The molecule has 3 rings (SSSR count). The van der Waals surface area contributed by atoms with Crippen LogP contribution >= 0.6 is 11.6 Å². The van der Waals surface area contributed by atoms with Crippen molar-refractivity contribution in [3.05, 3.63) is 47.3 Å². The third-order valence-corrected chi connectivity index (χ3v) is 7.30. The molecular formula is C22H29ClN6O5S. The van der Waals surface area contributed by atoms with Crippen molar-refractivity contribution in [3.8, 4) is 17.2 Å². The van der Waals surface area contributed by atoms with Crippen LogP contribution in [0.4, 0.5) is 5.95 Å². The van der Waals surface area contributed by atoms with E-state index in [1.54, 1.807) is 22.8 Å². The molecule has 0 aliphatic heterocycles. The van der Waals surface area contributed by atoms with Gasteiger partial charge in [-0.3, -0.25) is 9.29 Å². The van der Waals surface area contributed by atoms with E-state index < -0.39 is 21.4 Å². The number of sulfonamides is 1. The Morgan fingerprint density at radius 3 is 2.26 bits per heavy atom. The molecular weight excluding hydrogens is 496 g/mol. The van der Waals surface area contributed by atoms with E-state index >= 15 is 0 Å². The summed E-state index contributed by atoms with van der Waals surface area (Å²) in [5, 5.41) is 7.66. The zero-order valence-corrected chi connectivity index (χ0v) is 21.8. The van der Waals surface area contributed by atoms with E-state index in [1.165, 1.54) is 40.6 Å². The number of hydrogen-bond donors (Lipinski definition) is 1. The molecule has 0 bridgehead atoms. The number of unbranched alkanes of at least 4 members (excludes halogenated alkanes) is 1. The van der Waals surface area contributed by atoms with Gasteiger partial charge in [0, 0.05) is 25.9 Å². The third-order valence-electron chi connectivity index (χ3n) is 5.41. The van der Waals surface area contributed by atoms with Crippen molar-refractivity contribution in [2.45, 2.75) is 44.5 Å². The first-order valence-electron chi connectivity index (χ1n) is 10.9. The molecule has 0 saturated carbocycles. The van der Waals surface area contributed by atoms with E-state index in [4.69, 9.17) is 25.8 Å². The number of rotatable bonds is 12. The molecule has 2 heterocycles. The van der Waals surface area contributed by atoms with E-state index in [1.807, 2.05) is 0 Å². The van der Waals surface area contributed by atoms with Gasteiger partial charge < -0.3 is 14.2 Å². The largest absolute Gasteiger partial charge is 0.494 e. The van der Waals surface area contributed by atoms with Crippen molar-refractivity contribution in [1.82, 2.24) is 24.7 Å². The number of aryl methyl sites for hydroxylation is 1. The second-order valence-electron chi connectivity index (χ2n) is 7.66. The molecule has 2 atom stereocenters. The molecule has 0 aliphatic rings. The number of methoxy groups -OCH3 is 3. The summed E-state index contributed by atoms with van der Waals surface area (Å²) in [5.74, 6) is 1.69. The maximum absolute atomic E-state index is 13.4. The smallest absolute Gasteiger partial charge is 0.243 e. The SMILES string of the molecule is CCCCc1nnc(NS(=O)(=O)C(C)C(OC)c2ncc(Cl)cn2)n1-c1c(OC)cccc1OC. The van der Waals surface area contributed by atoms with Crippen LogP contribution in [0.3, 0.4) is 0 Å². The van der Waals surface area contributed by atoms with Gasteiger partial charge in [0.25, 0.3) is 0 Å². The summed E-state index contributed by atoms with van der Waals surface area (Å²) in [6.45, 7) is 3.55. The van der Waals surface area contributed by atoms with Gasteiger partial charge >= 0.3 is 0 Å². The fraction of sp³-hybridized carbons (Fsp3) is 0.455. The minimum absolute atomic E-state index is 0.00219. The zero-order valence-electron chi connectivity index (χ0n) is 20.2. The Bertz CT molecular complexity index is 1210. The molecule has 13 heteroatoms. The van der Waals surface area contributed by atoms with Crippen molar-refractivity contribution in [3.63, 3.8) is 0 Å². The van der Waals surface area contributed by atoms with Crippen molar-refractivity contribution in [2.24, 2.45) is 0 Å². The minimum atomic E-state index is -4.05. The van der Waals surface area contributed by atoms with Crippen LogP contribution in [0, 0.1) is 0 Å². The van der Waals surface area contributed by atoms with E-state index in [0.29, 0.717) is 34.5 Å². The molecule has 1 N–H and O–H groups in total. The Hall–Kier alpha value is -2.96. The molecule has 0 aliphatic carbocycles. The minimum Gasteiger partial charge on any atom is -0.494 e. The molecule has 35 heavy (non-hydrogen) atoms. The third kappa shape index (κ3) is 5.82. The van der Waals surface area contributed by atoms with Crippen LogP contribution < -0.4 is 14.2 Å². The molecule has 3 aromatic rings. The van der Waals surface area contributed by atoms with Gasteiger partial charge in [0.1, 0.15) is 34.4 Å². The van der Waals surface area contributed by atoms with Crippen LogP contribution in [-0.4, -0.2) is 59.7 Å². The predicted octanol–water partition coefficient (Wildman–Crippen LogP) is 3.59. The second-order valence-corrected chi connectivity index (χ2v) is 10.1. The standard InChI is InChI=1S/C22H29ClN6O5S/c1-6-7-11-18-26-27-22(29(18)19-16(32-3)9-8-10-17(19)33-4)28-35(30,31)14(2)20(34-5)21-24-12-15(23)13-25-21/h8-10,12-14,20H,6-7,11H2,1-5H3,(H,27,28). The van der Waals surface area contributed by atoms with Gasteiger partial charge in [0.15, 0.2) is 5.82 Å². The summed E-state index contributed by atoms with van der Waals surface area (Å²) >= 11 is 5.87. The van der Waals surface area contributed by atoms with Gasteiger partial charge in [-0.05, 0) is 25.5 Å². The molecule has 190 valence electrons. The van der Waals surface area contributed by atoms with Gasteiger partial charge in [-0.2, -0.15) is 0 Å². The Morgan fingerprint density at radius 2 is 1.71 bits per heavy atom.